The van der Waals surface area contributed by atoms with Crippen LogP contribution in [0.5, 0.6) is 0 Å². The van der Waals surface area contributed by atoms with Gasteiger partial charge >= 0.3 is 0 Å². The minimum Gasteiger partial charge on any atom is -0.349 e. The lowest BCUT2D eigenvalue weighted by molar-refractivity contribution is 0.0946. The highest BCUT2D eigenvalue weighted by molar-refractivity contribution is 7.98. The summed E-state index contributed by atoms with van der Waals surface area (Å²) in [6, 6.07) is 12.0. The predicted octanol–water partition coefficient (Wildman–Crippen LogP) is 3.68. The summed E-state index contributed by atoms with van der Waals surface area (Å²) in [7, 11) is 3.94. The molecule has 0 unspecified atom stereocenters. The summed E-state index contributed by atoms with van der Waals surface area (Å²) in [5, 5.41) is 15.3. The lowest BCUT2D eigenvalue weighted by Crippen LogP contribution is -2.31. The number of pyridine rings is 1. The van der Waals surface area contributed by atoms with E-state index in [9.17, 15) is 4.79 Å². The lowest BCUT2D eigenvalue weighted by atomic mass is 10.2. The van der Waals surface area contributed by atoms with E-state index in [2.05, 4.69) is 49.1 Å². The van der Waals surface area contributed by atoms with E-state index < -0.39 is 0 Å². The first-order valence-electron chi connectivity index (χ1n) is 10.4. The highest BCUT2D eigenvalue weighted by Crippen LogP contribution is 2.31. The molecule has 0 spiro atoms. The molecule has 8 nitrogen and oxygen atoms in total. The van der Waals surface area contributed by atoms with Gasteiger partial charge < -0.3 is 10.2 Å². The molecule has 0 saturated heterocycles. The molecule has 0 radical (unpaired) electrons. The van der Waals surface area contributed by atoms with E-state index in [0.717, 1.165) is 39.3 Å². The molecule has 0 atom stereocenters. The summed E-state index contributed by atoms with van der Waals surface area (Å²) >= 11 is 3.02. The maximum absolute atomic E-state index is 12.3. The molecule has 170 valence electrons. The Morgan fingerprint density at radius 2 is 2.03 bits per heavy atom. The Balaban J connectivity index is 1.54. The molecule has 3 aromatic heterocycles. The van der Waals surface area contributed by atoms with Crippen LogP contribution in [-0.4, -0.2) is 62.7 Å². The van der Waals surface area contributed by atoms with Crippen molar-refractivity contribution < 1.29 is 4.79 Å². The maximum atomic E-state index is 12.3. The zero-order valence-electron chi connectivity index (χ0n) is 18.7. The largest absolute Gasteiger partial charge is 0.349 e. The molecule has 3 heterocycles. The minimum atomic E-state index is -0.147. The molecule has 10 heteroatoms. The fourth-order valence-electron chi connectivity index (χ4n) is 3.17. The normalized spacial score (nSPS) is 11.2. The average molecular weight is 480 g/mol. The van der Waals surface area contributed by atoms with Crippen molar-refractivity contribution in [1.29, 1.82) is 0 Å². The first-order valence-corrected chi connectivity index (χ1v) is 12.3. The van der Waals surface area contributed by atoms with Crippen LogP contribution in [0.1, 0.15) is 21.1 Å². The van der Waals surface area contributed by atoms with Gasteiger partial charge in [0, 0.05) is 36.4 Å². The van der Waals surface area contributed by atoms with Gasteiger partial charge in [-0.3, -0.25) is 14.3 Å². The zero-order valence-corrected chi connectivity index (χ0v) is 20.4. The van der Waals surface area contributed by atoms with Gasteiger partial charge in [0.05, 0.1) is 11.4 Å². The molecule has 0 aliphatic rings. The number of rotatable bonds is 9. The van der Waals surface area contributed by atoms with E-state index in [1.165, 1.54) is 11.3 Å². The number of amides is 1. The number of nitrogens with one attached hydrogen (secondary N) is 1. The summed E-state index contributed by atoms with van der Waals surface area (Å²) in [6.45, 7) is 3.44. The third-order valence-corrected chi connectivity index (χ3v) is 6.83. The number of para-hydroxylation sites is 1. The SMILES string of the molecule is Cc1ccccc1-n1c(SCc2nc(C(=O)NCCN(C)C)cs2)nnc1-c1cccnc1. The number of thiazole rings is 1. The number of likely N-dealkylation sites (N-methyl/N-ethyl adjacent to an activating group) is 1. The molecule has 0 aliphatic heterocycles. The number of hydrogen-bond acceptors (Lipinski definition) is 8. The van der Waals surface area contributed by atoms with Crippen LogP contribution >= 0.6 is 23.1 Å². The Kier molecular flexibility index (Phi) is 7.48. The minimum absolute atomic E-state index is 0.147. The van der Waals surface area contributed by atoms with Crippen LogP contribution in [0.15, 0.2) is 59.3 Å². The van der Waals surface area contributed by atoms with Gasteiger partial charge in [-0.2, -0.15) is 0 Å². The summed E-state index contributed by atoms with van der Waals surface area (Å²) < 4.78 is 2.06. The summed E-state index contributed by atoms with van der Waals surface area (Å²) in [5.41, 5.74) is 3.48. The van der Waals surface area contributed by atoms with Gasteiger partial charge in [0.1, 0.15) is 10.7 Å². The van der Waals surface area contributed by atoms with Crippen LogP contribution in [-0.2, 0) is 5.75 Å². The Morgan fingerprint density at radius 1 is 1.18 bits per heavy atom. The van der Waals surface area contributed by atoms with Crippen LogP contribution in [0.4, 0.5) is 0 Å². The smallest absolute Gasteiger partial charge is 0.270 e. The van der Waals surface area contributed by atoms with E-state index in [4.69, 9.17) is 0 Å². The number of benzene rings is 1. The predicted molar refractivity (Wildman–Crippen MR) is 132 cm³/mol. The average Bonchev–Trinajstić information content (AvgIpc) is 3.46. The summed E-state index contributed by atoms with van der Waals surface area (Å²) in [4.78, 5) is 23.1. The Labute approximate surface area is 201 Å². The van der Waals surface area contributed by atoms with Gasteiger partial charge in [-0.05, 0) is 44.8 Å². The van der Waals surface area contributed by atoms with Crippen molar-refractivity contribution in [2.45, 2.75) is 17.8 Å². The van der Waals surface area contributed by atoms with Crippen molar-refractivity contribution >= 4 is 29.0 Å². The topological polar surface area (TPSA) is 88.8 Å². The molecular formula is C23H25N7OS2. The van der Waals surface area contributed by atoms with E-state index in [1.807, 2.05) is 43.3 Å². The van der Waals surface area contributed by atoms with Crippen molar-refractivity contribution in [1.82, 2.24) is 34.9 Å². The van der Waals surface area contributed by atoms with Gasteiger partial charge in [-0.25, -0.2) is 4.98 Å². The number of carbonyl (C=O) groups is 1. The molecule has 4 aromatic rings. The van der Waals surface area contributed by atoms with Crippen LogP contribution < -0.4 is 5.32 Å². The highest BCUT2D eigenvalue weighted by Gasteiger charge is 2.18. The summed E-state index contributed by atoms with van der Waals surface area (Å²) in [5.74, 6) is 1.18. The number of aryl methyl sites for hydroxylation is 1. The first-order chi connectivity index (χ1) is 16.0. The van der Waals surface area contributed by atoms with Crippen LogP contribution in [0, 0.1) is 6.92 Å². The molecule has 1 aromatic carbocycles. The molecule has 1 N–H and O–H groups in total. The van der Waals surface area contributed by atoms with E-state index >= 15 is 0 Å². The Bertz CT molecular complexity index is 1220. The molecule has 33 heavy (non-hydrogen) atoms. The van der Waals surface area contributed by atoms with Crippen molar-refractivity contribution in [3.05, 3.63) is 70.4 Å². The third-order valence-electron chi connectivity index (χ3n) is 4.86. The summed E-state index contributed by atoms with van der Waals surface area (Å²) in [6.07, 6.45) is 3.53. The quantitative estimate of drug-likeness (QED) is 0.366. The maximum Gasteiger partial charge on any atom is 0.270 e. The van der Waals surface area contributed by atoms with Crippen molar-refractivity contribution in [2.24, 2.45) is 0 Å². The number of carbonyl (C=O) groups excluding carboxylic acids is 1. The molecule has 0 saturated carbocycles. The molecular weight excluding hydrogens is 454 g/mol. The Hall–Kier alpha value is -3.08. The van der Waals surface area contributed by atoms with Crippen LogP contribution in [0.25, 0.3) is 17.1 Å². The third kappa shape index (κ3) is 5.65. The molecule has 1 amide bonds. The van der Waals surface area contributed by atoms with E-state index in [1.54, 1.807) is 29.5 Å². The fraction of sp³-hybridized carbons (Fsp3) is 0.261. The first kappa shape index (κ1) is 23.1. The number of hydrogen-bond donors (Lipinski definition) is 1. The highest BCUT2D eigenvalue weighted by atomic mass is 32.2. The van der Waals surface area contributed by atoms with Crippen LogP contribution in [0.3, 0.4) is 0 Å². The number of aromatic nitrogens is 5. The monoisotopic (exact) mass is 479 g/mol. The van der Waals surface area contributed by atoms with Gasteiger partial charge in [0.15, 0.2) is 11.0 Å². The zero-order chi connectivity index (χ0) is 23.2. The van der Waals surface area contributed by atoms with Crippen molar-refractivity contribution in [2.75, 3.05) is 27.2 Å². The van der Waals surface area contributed by atoms with Gasteiger partial charge in [0.2, 0.25) is 0 Å². The van der Waals surface area contributed by atoms with E-state index in [0.29, 0.717) is 18.0 Å². The Morgan fingerprint density at radius 3 is 2.79 bits per heavy atom. The second-order valence-electron chi connectivity index (χ2n) is 7.64. The second kappa shape index (κ2) is 10.7. The molecule has 0 fully saturated rings. The van der Waals surface area contributed by atoms with Crippen molar-refractivity contribution in [3.8, 4) is 17.1 Å². The lowest BCUT2D eigenvalue weighted by Gasteiger charge is -2.12. The van der Waals surface area contributed by atoms with E-state index in [-0.39, 0.29) is 5.91 Å². The van der Waals surface area contributed by atoms with Crippen LogP contribution in [0.2, 0.25) is 0 Å². The molecule has 0 aliphatic carbocycles. The van der Waals surface area contributed by atoms with Gasteiger partial charge in [0.25, 0.3) is 5.91 Å². The number of nitrogens with zero attached hydrogens (tertiary/aromatic N) is 6. The van der Waals surface area contributed by atoms with Crippen molar-refractivity contribution in [3.63, 3.8) is 0 Å². The molecule has 4 rings (SSSR count). The van der Waals surface area contributed by atoms with Gasteiger partial charge in [-0.1, -0.05) is 30.0 Å². The number of thioether (sulfide) groups is 1. The standard InChI is InChI=1S/C23H25N7OS2/c1-16-7-4-5-9-19(16)30-21(17-8-6-10-24-13-17)27-28-23(30)33-15-20-26-18(14-32-20)22(31)25-11-12-29(2)3/h4-10,13-14H,11-12,15H2,1-3H3,(H,25,31). The fourth-order valence-corrected chi connectivity index (χ4v) is 4.91. The van der Waals surface area contributed by atoms with Gasteiger partial charge in [-0.15, -0.1) is 21.5 Å². The second-order valence-corrected chi connectivity index (χ2v) is 9.53. The molecule has 0 bridgehead atoms.